The molecule has 0 amide bonds. The van der Waals surface area contributed by atoms with Crippen molar-refractivity contribution in [1.82, 2.24) is 4.98 Å². The van der Waals surface area contributed by atoms with Crippen LogP contribution in [-0.2, 0) is 35.8 Å². The number of carbonyl (C=O) groups is 1. The first kappa shape index (κ1) is 18.0. The molecule has 26 heavy (non-hydrogen) atoms. The summed E-state index contributed by atoms with van der Waals surface area (Å²) in [6.45, 7) is 0.128. The third-order valence-electron chi connectivity index (χ3n) is 4.18. The molecule has 0 aliphatic rings. The minimum Gasteiger partial charge on any atom is -0.489 e. The molecule has 3 aromatic rings. The number of aliphatic hydroxyl groups is 2. The van der Waals surface area contributed by atoms with Gasteiger partial charge in [0.1, 0.15) is 12.4 Å². The summed E-state index contributed by atoms with van der Waals surface area (Å²) in [7, 11) is 1.37. The number of fused-ring (bicyclic) bond motifs is 1. The highest BCUT2D eigenvalue weighted by Gasteiger charge is 2.10. The summed E-state index contributed by atoms with van der Waals surface area (Å²) >= 11 is 0. The van der Waals surface area contributed by atoms with Gasteiger partial charge < -0.3 is 24.7 Å². The Morgan fingerprint density at radius 2 is 1.73 bits per heavy atom. The topological polar surface area (TPSA) is 91.8 Å². The molecule has 0 spiro atoms. The molecule has 0 radical (unpaired) electrons. The molecule has 0 bridgehead atoms. The smallest absolute Gasteiger partial charge is 0.310 e. The largest absolute Gasteiger partial charge is 0.489 e. The number of aromatic nitrogens is 1. The molecule has 6 nitrogen and oxygen atoms in total. The van der Waals surface area contributed by atoms with Crippen LogP contribution in [0.2, 0.25) is 0 Å². The van der Waals surface area contributed by atoms with Crippen molar-refractivity contribution in [3.63, 3.8) is 0 Å². The van der Waals surface area contributed by atoms with Gasteiger partial charge in [0.25, 0.3) is 0 Å². The Labute approximate surface area is 151 Å². The van der Waals surface area contributed by atoms with Gasteiger partial charge in [0, 0.05) is 17.1 Å². The Hall–Kier alpha value is -2.83. The third-order valence-corrected chi connectivity index (χ3v) is 4.18. The van der Waals surface area contributed by atoms with Gasteiger partial charge in [-0.2, -0.15) is 0 Å². The quantitative estimate of drug-likeness (QED) is 0.566. The number of nitrogens with one attached hydrogen (secondary N) is 1. The number of carbonyl (C=O) groups excluding carboxylic acids is 1. The lowest BCUT2D eigenvalue weighted by atomic mass is 10.1. The Balaban J connectivity index is 1.79. The molecule has 0 unspecified atom stereocenters. The molecular weight excluding hydrogens is 334 g/mol. The van der Waals surface area contributed by atoms with Gasteiger partial charge in [-0.15, -0.1) is 0 Å². The predicted octanol–water partition coefficient (Wildman–Crippen LogP) is 2.45. The van der Waals surface area contributed by atoms with Crippen LogP contribution in [0.3, 0.4) is 0 Å². The first-order valence-electron chi connectivity index (χ1n) is 8.26. The Morgan fingerprint density at radius 1 is 1.04 bits per heavy atom. The van der Waals surface area contributed by atoms with E-state index in [4.69, 9.17) is 9.47 Å². The van der Waals surface area contributed by atoms with Crippen LogP contribution in [0.1, 0.15) is 22.3 Å². The second-order valence-corrected chi connectivity index (χ2v) is 6.04. The highest BCUT2D eigenvalue weighted by molar-refractivity contribution is 5.88. The molecule has 0 saturated carbocycles. The van der Waals surface area contributed by atoms with E-state index in [-0.39, 0.29) is 25.6 Å². The van der Waals surface area contributed by atoms with Gasteiger partial charge in [-0.05, 0) is 40.5 Å². The molecule has 3 N–H and O–H groups in total. The lowest BCUT2D eigenvalue weighted by Gasteiger charge is -2.10. The van der Waals surface area contributed by atoms with Crippen molar-refractivity contribution in [3.8, 4) is 5.75 Å². The molecule has 0 aliphatic carbocycles. The fraction of sp³-hybridized carbons (Fsp3) is 0.250. The van der Waals surface area contributed by atoms with Crippen molar-refractivity contribution in [2.45, 2.75) is 26.2 Å². The molecule has 3 rings (SSSR count). The van der Waals surface area contributed by atoms with E-state index in [1.54, 1.807) is 12.3 Å². The second-order valence-electron chi connectivity index (χ2n) is 6.04. The molecule has 0 atom stereocenters. The minimum absolute atomic E-state index is 0.0902. The molecule has 0 fully saturated rings. The minimum atomic E-state index is -0.297. The van der Waals surface area contributed by atoms with Crippen LogP contribution in [0.15, 0.2) is 42.6 Å². The van der Waals surface area contributed by atoms with E-state index in [0.717, 1.165) is 33.2 Å². The maximum absolute atomic E-state index is 11.5. The zero-order valence-corrected chi connectivity index (χ0v) is 14.5. The molecule has 0 saturated heterocycles. The summed E-state index contributed by atoms with van der Waals surface area (Å²) in [5, 5.41) is 19.6. The zero-order chi connectivity index (χ0) is 18.5. The van der Waals surface area contributed by atoms with E-state index in [9.17, 15) is 15.0 Å². The van der Waals surface area contributed by atoms with Crippen LogP contribution in [0, 0.1) is 0 Å². The van der Waals surface area contributed by atoms with Gasteiger partial charge in [0.15, 0.2) is 0 Å². The van der Waals surface area contributed by atoms with Crippen molar-refractivity contribution in [1.29, 1.82) is 0 Å². The molecule has 2 aromatic carbocycles. The number of H-pyrrole nitrogens is 1. The Morgan fingerprint density at radius 3 is 2.38 bits per heavy atom. The number of esters is 1. The number of benzene rings is 2. The summed E-state index contributed by atoms with van der Waals surface area (Å²) in [4.78, 5) is 14.7. The van der Waals surface area contributed by atoms with E-state index in [0.29, 0.717) is 12.4 Å². The van der Waals surface area contributed by atoms with E-state index < -0.39 is 0 Å². The third kappa shape index (κ3) is 4.04. The molecule has 1 aromatic heterocycles. The lowest BCUT2D eigenvalue weighted by Crippen LogP contribution is -2.03. The summed E-state index contributed by atoms with van der Waals surface area (Å²) in [6, 6.07) is 11.1. The fourth-order valence-electron chi connectivity index (χ4n) is 2.89. The van der Waals surface area contributed by atoms with E-state index in [2.05, 4.69) is 4.98 Å². The normalized spacial score (nSPS) is 10.9. The average Bonchev–Trinajstić information content (AvgIpc) is 3.07. The van der Waals surface area contributed by atoms with E-state index in [1.165, 1.54) is 7.11 Å². The molecule has 6 heteroatoms. The highest BCUT2D eigenvalue weighted by Crippen LogP contribution is 2.25. The van der Waals surface area contributed by atoms with Crippen LogP contribution in [-0.4, -0.2) is 28.3 Å². The molecule has 0 aliphatic heterocycles. The van der Waals surface area contributed by atoms with Crippen LogP contribution in [0.4, 0.5) is 0 Å². The second kappa shape index (κ2) is 8.03. The summed E-state index contributed by atoms with van der Waals surface area (Å²) in [5.41, 5.74) is 4.10. The highest BCUT2D eigenvalue weighted by atomic mass is 16.5. The summed E-state index contributed by atoms with van der Waals surface area (Å²) in [6.07, 6.45) is 1.99. The van der Waals surface area contributed by atoms with E-state index in [1.807, 2.05) is 30.3 Å². The number of ether oxygens (including phenoxy) is 2. The molecular formula is C20H21NO5. The maximum atomic E-state index is 11.5. The maximum Gasteiger partial charge on any atom is 0.310 e. The van der Waals surface area contributed by atoms with E-state index >= 15 is 0 Å². The van der Waals surface area contributed by atoms with Crippen LogP contribution < -0.4 is 4.74 Å². The van der Waals surface area contributed by atoms with Crippen molar-refractivity contribution in [2.24, 2.45) is 0 Å². The Kier molecular flexibility index (Phi) is 5.55. The van der Waals surface area contributed by atoms with Gasteiger partial charge in [-0.3, -0.25) is 4.79 Å². The number of hydrogen-bond donors (Lipinski definition) is 3. The van der Waals surface area contributed by atoms with Crippen LogP contribution in [0.25, 0.3) is 10.9 Å². The fourth-order valence-corrected chi connectivity index (χ4v) is 2.89. The monoisotopic (exact) mass is 355 g/mol. The van der Waals surface area contributed by atoms with Gasteiger partial charge in [-0.25, -0.2) is 0 Å². The molecule has 136 valence electrons. The number of aliphatic hydroxyl groups excluding tert-OH is 2. The van der Waals surface area contributed by atoms with Crippen LogP contribution >= 0.6 is 0 Å². The van der Waals surface area contributed by atoms with Gasteiger partial charge in [0.2, 0.25) is 0 Å². The Bertz CT molecular complexity index is 893. The van der Waals surface area contributed by atoms with Crippen LogP contribution in [0.5, 0.6) is 5.75 Å². The van der Waals surface area contributed by atoms with Gasteiger partial charge in [-0.1, -0.05) is 18.2 Å². The first-order valence-corrected chi connectivity index (χ1v) is 8.26. The first-order chi connectivity index (χ1) is 12.6. The zero-order valence-electron chi connectivity index (χ0n) is 14.5. The average molecular weight is 355 g/mol. The van der Waals surface area contributed by atoms with Crippen molar-refractivity contribution < 1.29 is 24.5 Å². The van der Waals surface area contributed by atoms with Gasteiger partial charge >= 0.3 is 5.97 Å². The SMILES string of the molecule is COC(=O)Cc1c[nH]c2ccc(OCc3cc(CO)cc(CO)c3)cc12. The van der Waals surface area contributed by atoms with Crippen molar-refractivity contribution in [2.75, 3.05) is 7.11 Å². The number of hydrogen-bond acceptors (Lipinski definition) is 5. The standard InChI is InChI=1S/C20H21NO5/c1-25-20(24)7-16-9-21-19-3-2-17(8-18(16)19)26-12-15-5-13(10-22)4-14(6-15)11-23/h2-6,8-9,21-23H,7,10-12H2,1H3. The summed E-state index contributed by atoms with van der Waals surface area (Å²) < 4.78 is 10.6. The van der Waals surface area contributed by atoms with Crippen molar-refractivity contribution in [3.05, 3.63) is 64.8 Å². The number of aromatic amines is 1. The number of methoxy groups -OCH3 is 1. The lowest BCUT2D eigenvalue weighted by molar-refractivity contribution is -0.139. The molecule has 1 heterocycles. The van der Waals surface area contributed by atoms with Gasteiger partial charge in [0.05, 0.1) is 26.7 Å². The summed E-state index contributed by atoms with van der Waals surface area (Å²) in [5.74, 6) is 0.373. The van der Waals surface area contributed by atoms with Crippen molar-refractivity contribution >= 4 is 16.9 Å². The predicted molar refractivity (Wildman–Crippen MR) is 96.6 cm³/mol. The number of rotatable bonds is 7.